The lowest BCUT2D eigenvalue weighted by molar-refractivity contribution is -0.140. The van der Waals surface area contributed by atoms with Gasteiger partial charge in [-0.05, 0) is 30.7 Å². The monoisotopic (exact) mass is 570 g/mol. The lowest BCUT2D eigenvalue weighted by Gasteiger charge is -2.14. The van der Waals surface area contributed by atoms with Crippen molar-refractivity contribution in [3.8, 4) is 0 Å². The van der Waals surface area contributed by atoms with Crippen molar-refractivity contribution in [2.45, 2.75) is 25.4 Å². The first kappa shape index (κ1) is 31.4. The summed E-state index contributed by atoms with van der Waals surface area (Å²) >= 11 is 0. The van der Waals surface area contributed by atoms with Gasteiger partial charge in [0.15, 0.2) is 23.1 Å². The van der Waals surface area contributed by atoms with E-state index < -0.39 is 29.4 Å². The molecule has 2 aromatic heterocycles. The van der Waals surface area contributed by atoms with E-state index in [-0.39, 0.29) is 54.0 Å². The molecule has 3 rings (SSSR count). The maximum absolute atomic E-state index is 12.3. The molecule has 218 valence electrons. The van der Waals surface area contributed by atoms with Crippen LogP contribution in [0.15, 0.2) is 35.3 Å². The molecule has 1 atom stereocenters. The van der Waals surface area contributed by atoms with E-state index in [1.807, 2.05) is 0 Å². The Balaban J connectivity index is 0.000000564. The normalized spacial score (nSPS) is 10.9. The molecule has 1 amide bonds. The van der Waals surface area contributed by atoms with Crippen LogP contribution in [0.4, 0.5) is 11.6 Å². The Hall–Kier alpha value is -5.81. The summed E-state index contributed by atoms with van der Waals surface area (Å²) in [6.45, 7) is 0.231. The number of anilines is 2. The average Bonchev–Trinajstić information content (AvgIpc) is 2.89. The van der Waals surface area contributed by atoms with Gasteiger partial charge in [-0.1, -0.05) is 0 Å². The van der Waals surface area contributed by atoms with Crippen LogP contribution in [0.2, 0.25) is 0 Å². The minimum atomic E-state index is -1.31. The number of amides is 1. The smallest absolute Gasteiger partial charge is 0.326 e. The van der Waals surface area contributed by atoms with Gasteiger partial charge in [-0.3, -0.25) is 35.5 Å². The summed E-state index contributed by atoms with van der Waals surface area (Å²) < 4.78 is 0. The van der Waals surface area contributed by atoms with E-state index in [0.29, 0.717) is 11.4 Å². The van der Waals surface area contributed by atoms with Gasteiger partial charge in [-0.25, -0.2) is 14.8 Å². The third kappa shape index (κ3) is 10.1. The zero-order valence-corrected chi connectivity index (χ0v) is 22.1. The highest BCUT2D eigenvalue weighted by Gasteiger charge is 2.21. The molecule has 18 nitrogen and oxygen atoms in total. The van der Waals surface area contributed by atoms with Gasteiger partial charge in [0.1, 0.15) is 6.04 Å². The van der Waals surface area contributed by atoms with Gasteiger partial charge >= 0.3 is 11.9 Å². The number of guanidine groups is 2. The Bertz CT molecular complexity index is 1490. The SMILES string of the molecule is CN(C)C(=N)NC(=N)N.Nc1nc2ncc(CNc3ccc(C(=O)NC(CCC(=O)O)C(=O)O)cc3)nc2c(=O)[nH]1. The highest BCUT2D eigenvalue weighted by Crippen LogP contribution is 2.12. The van der Waals surface area contributed by atoms with E-state index in [9.17, 15) is 19.2 Å². The van der Waals surface area contributed by atoms with Gasteiger partial charge in [0.25, 0.3) is 11.5 Å². The predicted molar refractivity (Wildman–Crippen MR) is 148 cm³/mol. The lowest BCUT2D eigenvalue weighted by atomic mass is 10.1. The second kappa shape index (κ2) is 14.4. The molecule has 0 radical (unpaired) electrons. The molecule has 0 aliphatic rings. The van der Waals surface area contributed by atoms with Crippen molar-refractivity contribution in [2.24, 2.45) is 5.73 Å². The number of carbonyl (C=O) groups excluding carboxylic acids is 1. The van der Waals surface area contributed by atoms with E-state index in [1.54, 1.807) is 26.2 Å². The number of fused-ring (bicyclic) bond motifs is 1. The number of nitrogens with one attached hydrogen (secondary N) is 6. The van der Waals surface area contributed by atoms with Crippen LogP contribution in [0.1, 0.15) is 28.9 Å². The van der Waals surface area contributed by atoms with Crippen LogP contribution in [0.25, 0.3) is 11.2 Å². The number of rotatable bonds is 9. The molecule has 0 bridgehead atoms. The number of aromatic nitrogens is 4. The number of carboxylic acid groups (broad SMARTS) is 2. The number of nitrogen functional groups attached to an aromatic ring is 1. The Morgan fingerprint density at radius 3 is 2.32 bits per heavy atom. The summed E-state index contributed by atoms with van der Waals surface area (Å²) in [7, 11) is 3.39. The standard InChI is InChI=1S/C19H19N7O6.C4H11N5/c20-19-25-15-14(17(30)26-19)23-11(8-22-15)7-21-10-3-1-9(2-4-10)16(29)24-12(18(31)32)5-6-13(27)28;1-9(2)4(7)8-3(5)6/h1-4,8,12,21H,5-7H2,(H,24,29)(H,27,28)(H,31,32)(H3,20,22,25,26,30);1-2H3,(H5,5,6,7,8). The topological polar surface area (TPSA) is 302 Å². The molecular formula is C23H30N12O6. The van der Waals surface area contributed by atoms with E-state index in [1.165, 1.54) is 23.2 Å². The van der Waals surface area contributed by atoms with E-state index >= 15 is 0 Å². The highest BCUT2D eigenvalue weighted by atomic mass is 16.4. The zero-order valence-electron chi connectivity index (χ0n) is 22.1. The lowest BCUT2D eigenvalue weighted by Crippen LogP contribution is -2.42. The van der Waals surface area contributed by atoms with Crippen LogP contribution in [0.3, 0.4) is 0 Å². The number of hydrogen-bond donors (Lipinski definition) is 10. The molecule has 0 aliphatic heterocycles. The Labute approximate surface area is 232 Å². The van der Waals surface area contributed by atoms with Gasteiger partial charge in [0, 0.05) is 31.8 Å². The maximum atomic E-state index is 12.3. The summed E-state index contributed by atoms with van der Waals surface area (Å²) in [4.78, 5) is 62.1. The van der Waals surface area contributed by atoms with Crippen LogP contribution in [0.5, 0.6) is 0 Å². The summed E-state index contributed by atoms with van der Waals surface area (Å²) in [5.74, 6) is -3.26. The van der Waals surface area contributed by atoms with Gasteiger partial charge < -0.3 is 37.2 Å². The molecule has 12 N–H and O–H groups in total. The van der Waals surface area contributed by atoms with Crippen LogP contribution in [-0.4, -0.2) is 85.0 Å². The Morgan fingerprint density at radius 2 is 1.78 bits per heavy atom. The van der Waals surface area contributed by atoms with E-state index in [4.69, 9.17) is 32.5 Å². The average molecular weight is 571 g/mol. The Morgan fingerprint density at radius 1 is 1.12 bits per heavy atom. The van der Waals surface area contributed by atoms with Gasteiger partial charge in [-0.15, -0.1) is 0 Å². The molecule has 0 aliphatic carbocycles. The largest absolute Gasteiger partial charge is 0.481 e. The van der Waals surface area contributed by atoms with Crippen molar-refractivity contribution >= 4 is 52.6 Å². The molecule has 0 saturated carbocycles. The molecule has 1 unspecified atom stereocenters. The molecule has 2 heterocycles. The van der Waals surface area contributed by atoms with Gasteiger partial charge in [0.2, 0.25) is 5.95 Å². The fourth-order valence-corrected chi connectivity index (χ4v) is 2.99. The molecule has 0 spiro atoms. The first-order chi connectivity index (χ1) is 19.3. The van der Waals surface area contributed by atoms with Crippen LogP contribution in [0, 0.1) is 10.8 Å². The van der Waals surface area contributed by atoms with Gasteiger partial charge in [0.05, 0.1) is 18.4 Å². The summed E-state index contributed by atoms with van der Waals surface area (Å²) in [5.41, 5.74) is 11.4. The third-order valence-electron chi connectivity index (χ3n) is 5.06. The maximum Gasteiger partial charge on any atom is 0.326 e. The van der Waals surface area contributed by atoms with Crippen molar-refractivity contribution in [1.29, 1.82) is 10.8 Å². The molecule has 41 heavy (non-hydrogen) atoms. The van der Waals surface area contributed by atoms with Crippen LogP contribution in [-0.2, 0) is 16.1 Å². The van der Waals surface area contributed by atoms with E-state index in [0.717, 1.165) is 0 Å². The predicted octanol–water partition coefficient (Wildman–Crippen LogP) is -1.08. The molecule has 0 saturated heterocycles. The van der Waals surface area contributed by atoms with Crippen molar-refractivity contribution < 1.29 is 24.6 Å². The summed E-state index contributed by atoms with van der Waals surface area (Å²) in [5, 5.41) is 39.3. The number of aliphatic carboxylic acids is 2. The molecule has 3 aromatic rings. The third-order valence-corrected chi connectivity index (χ3v) is 5.06. The zero-order chi connectivity index (χ0) is 30.7. The molecule has 1 aromatic carbocycles. The molecule has 18 heteroatoms. The number of hydrogen-bond acceptors (Lipinski definition) is 11. The first-order valence-electron chi connectivity index (χ1n) is 11.7. The summed E-state index contributed by atoms with van der Waals surface area (Å²) in [6, 6.07) is 4.86. The minimum absolute atomic E-state index is 0.0524. The molecular weight excluding hydrogens is 540 g/mol. The van der Waals surface area contributed by atoms with Crippen LogP contribution < -0.4 is 33.0 Å². The number of H-pyrrole nitrogens is 1. The molecule has 0 fully saturated rings. The minimum Gasteiger partial charge on any atom is -0.481 e. The second-order valence-corrected chi connectivity index (χ2v) is 8.49. The number of nitrogens with zero attached hydrogens (tertiary/aromatic N) is 4. The van der Waals surface area contributed by atoms with Gasteiger partial charge in [-0.2, -0.15) is 4.98 Å². The number of aromatic amines is 1. The Kier molecular flexibility index (Phi) is 11.0. The van der Waals surface area contributed by atoms with Crippen molar-refractivity contribution in [3.05, 3.63) is 52.1 Å². The summed E-state index contributed by atoms with van der Waals surface area (Å²) in [6.07, 6.45) is 0.840. The van der Waals surface area contributed by atoms with Crippen molar-refractivity contribution in [1.82, 2.24) is 35.5 Å². The van der Waals surface area contributed by atoms with Crippen molar-refractivity contribution in [2.75, 3.05) is 25.1 Å². The first-order valence-corrected chi connectivity index (χ1v) is 11.7. The van der Waals surface area contributed by atoms with Crippen molar-refractivity contribution in [3.63, 3.8) is 0 Å². The van der Waals surface area contributed by atoms with E-state index in [2.05, 4.69) is 35.9 Å². The number of benzene rings is 1. The number of carbonyl (C=O) groups is 3. The quantitative estimate of drug-likeness (QED) is 0.108. The highest BCUT2D eigenvalue weighted by molar-refractivity contribution is 5.97. The fourth-order valence-electron chi connectivity index (χ4n) is 2.99. The van der Waals surface area contributed by atoms with Crippen LogP contribution >= 0.6 is 0 Å². The number of nitrogens with two attached hydrogens (primary N) is 2. The fraction of sp³-hybridized carbons (Fsp3) is 0.261. The second-order valence-electron chi connectivity index (χ2n) is 8.49. The number of carboxylic acids is 2.